The minimum absolute atomic E-state index is 0.106. The lowest BCUT2D eigenvalue weighted by Gasteiger charge is -2.20. The van der Waals surface area contributed by atoms with E-state index in [4.69, 9.17) is 9.47 Å². The van der Waals surface area contributed by atoms with Crippen molar-refractivity contribution < 1.29 is 19.7 Å². The highest BCUT2D eigenvalue weighted by Crippen LogP contribution is 2.48. The normalized spacial score (nSPS) is 11.8. The van der Waals surface area contributed by atoms with Crippen LogP contribution in [-0.2, 0) is 0 Å². The summed E-state index contributed by atoms with van der Waals surface area (Å²) < 4.78 is 17.7. The molecule has 0 atom stereocenters. The first-order valence-corrected chi connectivity index (χ1v) is 19.8. The summed E-state index contributed by atoms with van der Waals surface area (Å²) in [7, 11) is 0. The second-order valence-corrected chi connectivity index (χ2v) is 15.6. The van der Waals surface area contributed by atoms with Crippen LogP contribution >= 0.6 is 22.7 Å². The molecule has 0 amide bonds. The van der Waals surface area contributed by atoms with E-state index >= 15 is 0 Å². The molecule has 0 aliphatic carbocycles. The molecule has 0 fully saturated rings. The Morgan fingerprint density at radius 2 is 0.852 bits per heavy atom. The SMILES string of the molecule is OCCOc1ccc2cc(-c3cccc4c3sc3ccccc34)ccc2c1-c1c(OCCO)ccc2cc(-c3cccc4c3sc3ccccc34)ccc12. The monoisotopic (exact) mass is 738 g/mol. The van der Waals surface area contributed by atoms with Crippen LogP contribution in [0.1, 0.15) is 0 Å². The summed E-state index contributed by atoms with van der Waals surface area (Å²) in [6.45, 7) is 0.105. The molecule has 2 heterocycles. The van der Waals surface area contributed by atoms with Crippen LogP contribution in [0.3, 0.4) is 0 Å². The Morgan fingerprint density at radius 3 is 1.31 bits per heavy atom. The van der Waals surface area contributed by atoms with Gasteiger partial charge in [0.15, 0.2) is 0 Å². The van der Waals surface area contributed by atoms with E-state index in [1.54, 1.807) is 0 Å². The molecule has 2 aromatic heterocycles. The molecule has 4 nitrogen and oxygen atoms in total. The molecule has 0 saturated carbocycles. The molecule has 0 aliphatic rings. The van der Waals surface area contributed by atoms with Crippen LogP contribution in [0.4, 0.5) is 0 Å². The predicted molar refractivity (Wildman–Crippen MR) is 229 cm³/mol. The smallest absolute Gasteiger partial charge is 0.128 e. The summed E-state index contributed by atoms with van der Waals surface area (Å²) >= 11 is 3.66. The third kappa shape index (κ3) is 5.41. The van der Waals surface area contributed by atoms with Gasteiger partial charge in [0, 0.05) is 51.5 Å². The summed E-state index contributed by atoms with van der Waals surface area (Å²) in [5, 5.41) is 28.9. The molecule has 54 heavy (non-hydrogen) atoms. The van der Waals surface area contributed by atoms with Crippen molar-refractivity contribution in [2.45, 2.75) is 0 Å². The fourth-order valence-electron chi connectivity index (χ4n) is 7.97. The van der Waals surface area contributed by atoms with Gasteiger partial charge in [0.25, 0.3) is 0 Å². The maximum absolute atomic E-state index is 9.83. The lowest BCUT2D eigenvalue weighted by molar-refractivity contribution is 0.200. The van der Waals surface area contributed by atoms with Gasteiger partial charge >= 0.3 is 0 Å². The minimum Gasteiger partial charge on any atom is -0.491 e. The van der Waals surface area contributed by atoms with Crippen molar-refractivity contribution in [3.63, 3.8) is 0 Å². The zero-order valence-electron chi connectivity index (χ0n) is 29.2. The number of aliphatic hydroxyl groups excluding tert-OH is 2. The van der Waals surface area contributed by atoms with E-state index in [-0.39, 0.29) is 26.4 Å². The highest BCUT2D eigenvalue weighted by atomic mass is 32.1. The maximum Gasteiger partial charge on any atom is 0.128 e. The van der Waals surface area contributed by atoms with Crippen molar-refractivity contribution in [3.8, 4) is 44.9 Å². The van der Waals surface area contributed by atoms with Gasteiger partial charge in [-0.1, -0.05) is 109 Å². The van der Waals surface area contributed by atoms with Gasteiger partial charge in [-0.25, -0.2) is 0 Å². The Labute approximate surface area is 319 Å². The fraction of sp³-hybridized carbons (Fsp3) is 0.0833. The number of thiophene rings is 2. The summed E-state index contributed by atoms with van der Waals surface area (Å²) in [5.74, 6) is 1.33. The van der Waals surface area contributed by atoms with E-state index in [1.807, 2.05) is 34.8 Å². The number of ether oxygens (including phenoxy) is 2. The number of aliphatic hydroxyl groups is 2. The Hall–Kier alpha value is -5.76. The Kier molecular flexibility index (Phi) is 8.26. The molecule has 6 heteroatoms. The van der Waals surface area contributed by atoms with Gasteiger partial charge in [0.2, 0.25) is 0 Å². The average molecular weight is 739 g/mol. The topological polar surface area (TPSA) is 58.9 Å². The highest BCUT2D eigenvalue weighted by molar-refractivity contribution is 7.26. The zero-order valence-corrected chi connectivity index (χ0v) is 30.8. The third-order valence-electron chi connectivity index (χ3n) is 10.3. The van der Waals surface area contributed by atoms with Crippen LogP contribution in [0.2, 0.25) is 0 Å². The molecule has 0 unspecified atom stereocenters. The van der Waals surface area contributed by atoms with Gasteiger partial charge in [-0.3, -0.25) is 0 Å². The molecule has 262 valence electrons. The number of benzene rings is 8. The van der Waals surface area contributed by atoms with Crippen LogP contribution < -0.4 is 9.47 Å². The standard InChI is InChI=1S/C48H34O4S2/c49-23-25-51-41-21-17-29-27-31(35-9-5-11-39-37-7-1-3-13-43(37)53-47(35)39)15-19-33(29)45(41)46-34-20-16-32(28-30(34)18-22-42(46)52-26-24-50)36-10-6-12-40-38-8-2-4-14-44(38)54-48(36)40/h1-22,27-28,49-50H,23-26H2. The van der Waals surface area contributed by atoms with E-state index in [2.05, 4.69) is 133 Å². The average Bonchev–Trinajstić information content (AvgIpc) is 3.80. The van der Waals surface area contributed by atoms with Crippen molar-refractivity contribution >= 4 is 84.6 Å². The van der Waals surface area contributed by atoms with Gasteiger partial charge < -0.3 is 19.7 Å². The predicted octanol–water partition coefficient (Wildman–Crippen LogP) is 12.5. The molecule has 10 aromatic rings. The Bertz CT molecular complexity index is 2840. The molecule has 0 saturated heterocycles. The van der Waals surface area contributed by atoms with Crippen molar-refractivity contribution in [1.82, 2.24) is 0 Å². The second kappa shape index (κ2) is 13.6. The van der Waals surface area contributed by atoms with Crippen molar-refractivity contribution in [1.29, 1.82) is 0 Å². The number of hydrogen-bond donors (Lipinski definition) is 2. The summed E-state index contributed by atoms with van der Waals surface area (Å²) in [4.78, 5) is 0. The number of hydrogen-bond acceptors (Lipinski definition) is 6. The van der Waals surface area contributed by atoms with E-state index in [0.29, 0.717) is 11.5 Å². The van der Waals surface area contributed by atoms with Gasteiger partial charge in [-0.2, -0.15) is 0 Å². The van der Waals surface area contributed by atoms with E-state index in [1.165, 1.54) is 51.5 Å². The quantitative estimate of drug-likeness (QED) is 0.155. The van der Waals surface area contributed by atoms with E-state index in [9.17, 15) is 10.2 Å². The molecule has 8 aromatic carbocycles. The molecule has 0 bridgehead atoms. The van der Waals surface area contributed by atoms with Gasteiger partial charge in [0.1, 0.15) is 24.7 Å². The van der Waals surface area contributed by atoms with Crippen molar-refractivity contribution in [3.05, 3.63) is 146 Å². The Morgan fingerprint density at radius 1 is 0.407 bits per heavy atom. The van der Waals surface area contributed by atoms with Crippen LogP contribution in [-0.4, -0.2) is 36.6 Å². The first-order chi connectivity index (χ1) is 26.7. The first kappa shape index (κ1) is 32.9. The molecule has 0 aliphatic heterocycles. The summed E-state index contributed by atoms with van der Waals surface area (Å²) in [6.07, 6.45) is 0. The molecular weight excluding hydrogens is 705 g/mol. The molecule has 2 N–H and O–H groups in total. The second-order valence-electron chi connectivity index (χ2n) is 13.5. The molecule has 10 rings (SSSR count). The van der Waals surface area contributed by atoms with Gasteiger partial charge in [-0.15, -0.1) is 22.7 Å². The lowest BCUT2D eigenvalue weighted by atomic mass is 9.89. The summed E-state index contributed by atoms with van der Waals surface area (Å²) in [6, 6.07) is 51.8. The van der Waals surface area contributed by atoms with Crippen LogP contribution in [0.25, 0.3) is 95.3 Å². The number of rotatable bonds is 9. The fourth-order valence-corrected chi connectivity index (χ4v) is 10.4. The molecular formula is C48H34O4S2. The van der Waals surface area contributed by atoms with Gasteiger partial charge in [-0.05, 0) is 80.2 Å². The number of fused-ring (bicyclic) bond motifs is 8. The van der Waals surface area contributed by atoms with Gasteiger partial charge in [0.05, 0.1) is 13.2 Å². The van der Waals surface area contributed by atoms with E-state index in [0.717, 1.165) is 43.8 Å². The largest absolute Gasteiger partial charge is 0.491 e. The van der Waals surface area contributed by atoms with Crippen molar-refractivity contribution in [2.75, 3.05) is 26.4 Å². The molecule has 0 radical (unpaired) electrons. The van der Waals surface area contributed by atoms with Crippen LogP contribution in [0, 0.1) is 0 Å². The minimum atomic E-state index is -0.106. The maximum atomic E-state index is 9.83. The lowest BCUT2D eigenvalue weighted by Crippen LogP contribution is -2.05. The van der Waals surface area contributed by atoms with E-state index < -0.39 is 0 Å². The zero-order chi connectivity index (χ0) is 36.2. The Balaban J connectivity index is 1.18. The van der Waals surface area contributed by atoms with Crippen molar-refractivity contribution in [2.24, 2.45) is 0 Å². The summed E-state index contributed by atoms with van der Waals surface area (Å²) in [5.41, 5.74) is 6.48. The van der Waals surface area contributed by atoms with Crippen LogP contribution in [0.15, 0.2) is 146 Å². The molecule has 0 spiro atoms. The van der Waals surface area contributed by atoms with Crippen LogP contribution in [0.5, 0.6) is 11.5 Å². The third-order valence-corrected chi connectivity index (χ3v) is 12.8. The first-order valence-electron chi connectivity index (χ1n) is 18.1. The highest BCUT2D eigenvalue weighted by Gasteiger charge is 2.21.